The first-order valence-corrected chi connectivity index (χ1v) is 8.30. The first kappa shape index (κ1) is 19.4. The molecule has 0 aromatic heterocycles. The normalized spacial score (nSPS) is 10.2. The van der Waals surface area contributed by atoms with Crippen LogP contribution in [0, 0.1) is 0 Å². The van der Waals surface area contributed by atoms with Gasteiger partial charge in [-0.15, -0.1) is 0 Å². The van der Waals surface area contributed by atoms with Crippen molar-refractivity contribution in [3.8, 4) is 23.0 Å². The number of hydrogen-bond acceptors (Lipinski definition) is 5. The number of nitrogens with one attached hydrogen (secondary N) is 1. The summed E-state index contributed by atoms with van der Waals surface area (Å²) in [6, 6.07) is 11.2. The first-order valence-electron chi connectivity index (χ1n) is 8.30. The Hall–Kier alpha value is -2.89. The molecule has 1 amide bonds. The summed E-state index contributed by atoms with van der Waals surface area (Å²) in [5.74, 6) is 2.57. The lowest BCUT2D eigenvalue weighted by Gasteiger charge is -2.13. The maximum atomic E-state index is 12.2. The predicted octanol–water partition coefficient (Wildman–Crippen LogP) is 2.97. The highest BCUT2D eigenvalue weighted by Gasteiger charge is 2.11. The average molecular weight is 359 g/mol. The van der Waals surface area contributed by atoms with Crippen LogP contribution in [0.4, 0.5) is 0 Å². The molecule has 0 radical (unpaired) electrons. The van der Waals surface area contributed by atoms with Crippen molar-refractivity contribution in [2.75, 3.05) is 28.4 Å². The fourth-order valence-corrected chi connectivity index (χ4v) is 2.67. The van der Waals surface area contributed by atoms with Gasteiger partial charge >= 0.3 is 0 Å². The number of hydrogen-bond donors (Lipinski definition) is 1. The van der Waals surface area contributed by atoms with Crippen LogP contribution in [0.15, 0.2) is 36.4 Å². The van der Waals surface area contributed by atoms with E-state index in [1.54, 1.807) is 28.4 Å². The number of amides is 1. The summed E-state index contributed by atoms with van der Waals surface area (Å²) in [7, 11) is 6.36. The monoisotopic (exact) mass is 359 g/mol. The van der Waals surface area contributed by atoms with E-state index in [2.05, 4.69) is 5.32 Å². The number of para-hydroxylation sites is 1. The molecule has 0 fully saturated rings. The second-order valence-electron chi connectivity index (χ2n) is 5.62. The summed E-state index contributed by atoms with van der Waals surface area (Å²) < 4.78 is 21.1. The summed E-state index contributed by atoms with van der Waals surface area (Å²) in [6.07, 6.45) is 0.989. The van der Waals surface area contributed by atoms with E-state index >= 15 is 0 Å². The molecule has 0 unspecified atom stereocenters. The summed E-state index contributed by atoms with van der Waals surface area (Å²) in [5.41, 5.74) is 1.88. The van der Waals surface area contributed by atoms with Gasteiger partial charge in [-0.3, -0.25) is 4.79 Å². The van der Waals surface area contributed by atoms with Gasteiger partial charge in [-0.1, -0.05) is 18.2 Å². The summed E-state index contributed by atoms with van der Waals surface area (Å²) in [6.45, 7) is 0.380. The van der Waals surface area contributed by atoms with Gasteiger partial charge in [-0.05, 0) is 30.2 Å². The number of carbonyl (C=O) groups excluding carboxylic acids is 1. The van der Waals surface area contributed by atoms with Gasteiger partial charge in [0.25, 0.3) is 0 Å². The lowest BCUT2D eigenvalue weighted by atomic mass is 10.1. The number of ether oxygens (including phenoxy) is 4. The third-order valence-corrected chi connectivity index (χ3v) is 4.05. The van der Waals surface area contributed by atoms with E-state index in [-0.39, 0.29) is 5.91 Å². The minimum absolute atomic E-state index is 0.0374. The molecule has 6 heteroatoms. The number of methoxy groups -OCH3 is 4. The molecule has 0 spiro atoms. The molecule has 140 valence electrons. The number of aryl methyl sites for hydroxylation is 1. The molecule has 0 aliphatic rings. The Balaban J connectivity index is 1.92. The highest BCUT2D eigenvalue weighted by atomic mass is 16.5. The van der Waals surface area contributed by atoms with Crippen LogP contribution in [-0.2, 0) is 17.8 Å². The fourth-order valence-electron chi connectivity index (χ4n) is 2.67. The minimum atomic E-state index is -0.0374. The van der Waals surface area contributed by atoms with Crippen LogP contribution in [0.1, 0.15) is 17.5 Å². The van der Waals surface area contributed by atoms with Gasteiger partial charge in [0.2, 0.25) is 5.91 Å². The van der Waals surface area contributed by atoms with E-state index in [9.17, 15) is 4.79 Å². The molecule has 2 aromatic rings. The quantitative estimate of drug-likeness (QED) is 0.746. The molecule has 0 bridgehead atoms. The average Bonchev–Trinajstić information content (AvgIpc) is 2.69. The zero-order valence-corrected chi connectivity index (χ0v) is 15.6. The summed E-state index contributed by atoms with van der Waals surface area (Å²) in [4.78, 5) is 12.2. The van der Waals surface area contributed by atoms with E-state index < -0.39 is 0 Å². The highest BCUT2D eigenvalue weighted by Crippen LogP contribution is 2.30. The first-order chi connectivity index (χ1) is 12.6. The van der Waals surface area contributed by atoms with Crippen LogP contribution in [0.25, 0.3) is 0 Å². The van der Waals surface area contributed by atoms with Gasteiger partial charge in [0, 0.05) is 18.5 Å². The molecular formula is C20H25NO5. The second-order valence-corrected chi connectivity index (χ2v) is 5.62. The molecule has 0 saturated carbocycles. The molecule has 0 aliphatic carbocycles. The minimum Gasteiger partial charge on any atom is -0.493 e. The predicted molar refractivity (Wildman–Crippen MR) is 99.3 cm³/mol. The Morgan fingerprint density at radius 2 is 1.62 bits per heavy atom. The van der Waals surface area contributed by atoms with Crippen molar-refractivity contribution in [3.63, 3.8) is 0 Å². The Kier molecular flexibility index (Phi) is 7.14. The summed E-state index contributed by atoms with van der Waals surface area (Å²) >= 11 is 0. The van der Waals surface area contributed by atoms with E-state index in [0.29, 0.717) is 42.4 Å². The van der Waals surface area contributed by atoms with Crippen molar-refractivity contribution < 1.29 is 23.7 Å². The molecule has 2 aromatic carbocycles. The molecule has 0 heterocycles. The van der Waals surface area contributed by atoms with Gasteiger partial charge in [0.15, 0.2) is 23.0 Å². The maximum absolute atomic E-state index is 12.2. The van der Waals surface area contributed by atoms with Crippen LogP contribution >= 0.6 is 0 Å². The lowest BCUT2D eigenvalue weighted by Crippen LogP contribution is -2.23. The topological polar surface area (TPSA) is 66.0 Å². The standard InChI is InChI=1S/C20H25NO5/c1-23-16-10-8-14(12-18(16)25-3)9-11-19(22)21-13-15-6-5-7-17(24-2)20(15)26-4/h5-8,10,12H,9,11,13H2,1-4H3,(H,21,22). The third kappa shape index (κ3) is 4.81. The fraction of sp³-hybridized carbons (Fsp3) is 0.350. The zero-order chi connectivity index (χ0) is 18.9. The van der Waals surface area contributed by atoms with E-state index in [1.807, 2.05) is 36.4 Å². The van der Waals surface area contributed by atoms with Crippen molar-refractivity contribution >= 4 is 5.91 Å². The van der Waals surface area contributed by atoms with E-state index in [4.69, 9.17) is 18.9 Å². The van der Waals surface area contributed by atoms with E-state index in [0.717, 1.165) is 11.1 Å². The Morgan fingerprint density at radius 1 is 0.885 bits per heavy atom. The highest BCUT2D eigenvalue weighted by molar-refractivity contribution is 5.76. The lowest BCUT2D eigenvalue weighted by molar-refractivity contribution is -0.121. The molecule has 0 aliphatic heterocycles. The van der Waals surface area contributed by atoms with Crippen LogP contribution < -0.4 is 24.3 Å². The van der Waals surface area contributed by atoms with Crippen LogP contribution in [-0.4, -0.2) is 34.3 Å². The van der Waals surface area contributed by atoms with Crippen molar-refractivity contribution in [3.05, 3.63) is 47.5 Å². The second kappa shape index (κ2) is 9.56. The third-order valence-electron chi connectivity index (χ3n) is 4.05. The Morgan fingerprint density at radius 3 is 2.27 bits per heavy atom. The Labute approximate surface area is 154 Å². The van der Waals surface area contributed by atoms with Crippen molar-refractivity contribution in [2.45, 2.75) is 19.4 Å². The van der Waals surface area contributed by atoms with Gasteiger partial charge in [0.1, 0.15) is 0 Å². The molecule has 2 rings (SSSR count). The zero-order valence-electron chi connectivity index (χ0n) is 15.6. The van der Waals surface area contributed by atoms with Crippen molar-refractivity contribution in [2.24, 2.45) is 0 Å². The van der Waals surface area contributed by atoms with Crippen LogP contribution in [0.5, 0.6) is 23.0 Å². The molecule has 0 atom stereocenters. The molecule has 26 heavy (non-hydrogen) atoms. The Bertz CT molecular complexity index is 745. The van der Waals surface area contributed by atoms with Crippen LogP contribution in [0.3, 0.4) is 0 Å². The van der Waals surface area contributed by atoms with Gasteiger partial charge < -0.3 is 24.3 Å². The largest absolute Gasteiger partial charge is 0.493 e. The summed E-state index contributed by atoms with van der Waals surface area (Å²) in [5, 5.41) is 2.92. The number of benzene rings is 2. The van der Waals surface area contributed by atoms with Crippen molar-refractivity contribution in [1.29, 1.82) is 0 Å². The van der Waals surface area contributed by atoms with Gasteiger partial charge in [-0.25, -0.2) is 0 Å². The smallest absolute Gasteiger partial charge is 0.220 e. The maximum Gasteiger partial charge on any atom is 0.220 e. The molecular weight excluding hydrogens is 334 g/mol. The SMILES string of the molecule is COc1ccc(CCC(=O)NCc2cccc(OC)c2OC)cc1OC. The van der Waals surface area contributed by atoms with Crippen LogP contribution in [0.2, 0.25) is 0 Å². The number of carbonyl (C=O) groups is 1. The van der Waals surface area contributed by atoms with Gasteiger partial charge in [-0.2, -0.15) is 0 Å². The molecule has 6 nitrogen and oxygen atoms in total. The molecule has 0 saturated heterocycles. The number of rotatable bonds is 9. The van der Waals surface area contributed by atoms with Gasteiger partial charge in [0.05, 0.1) is 28.4 Å². The van der Waals surface area contributed by atoms with Crippen molar-refractivity contribution in [1.82, 2.24) is 5.32 Å². The molecule has 1 N–H and O–H groups in total. The van der Waals surface area contributed by atoms with E-state index in [1.165, 1.54) is 0 Å².